The van der Waals surface area contributed by atoms with Crippen molar-refractivity contribution in [2.24, 2.45) is 11.8 Å². The first-order valence-corrected chi connectivity index (χ1v) is 8.65. The van der Waals surface area contributed by atoms with E-state index in [-0.39, 0.29) is 11.6 Å². The highest BCUT2D eigenvalue weighted by atomic mass is 16.2. The quantitative estimate of drug-likeness (QED) is 0.844. The number of carbonyl (C=O) groups is 1. The van der Waals surface area contributed by atoms with E-state index in [2.05, 4.69) is 5.10 Å². The van der Waals surface area contributed by atoms with E-state index in [1.54, 1.807) is 9.25 Å². The summed E-state index contributed by atoms with van der Waals surface area (Å²) in [6, 6.07) is 0. The van der Waals surface area contributed by atoms with Crippen LogP contribution in [0.2, 0.25) is 0 Å². The summed E-state index contributed by atoms with van der Waals surface area (Å²) in [7, 11) is 0. The van der Waals surface area contributed by atoms with Crippen LogP contribution in [0.15, 0.2) is 4.79 Å². The number of aromatic nitrogens is 3. The number of carbonyl (C=O) groups excluding carboxylic acids is 1. The van der Waals surface area contributed by atoms with E-state index in [4.69, 9.17) is 0 Å². The van der Waals surface area contributed by atoms with Gasteiger partial charge in [0.25, 0.3) is 0 Å². The molecule has 0 aromatic carbocycles. The van der Waals surface area contributed by atoms with Gasteiger partial charge in [0.1, 0.15) is 0 Å². The molecule has 6 nitrogen and oxygen atoms in total. The molecule has 6 heteroatoms. The van der Waals surface area contributed by atoms with Crippen molar-refractivity contribution in [3.63, 3.8) is 0 Å². The van der Waals surface area contributed by atoms with Crippen LogP contribution >= 0.6 is 0 Å². The van der Waals surface area contributed by atoms with Gasteiger partial charge < -0.3 is 4.90 Å². The van der Waals surface area contributed by atoms with Crippen molar-refractivity contribution in [3.05, 3.63) is 16.3 Å². The first-order chi connectivity index (χ1) is 10.7. The highest BCUT2D eigenvalue weighted by Gasteiger charge is 2.29. The van der Waals surface area contributed by atoms with Crippen molar-refractivity contribution >= 4 is 5.91 Å². The zero-order chi connectivity index (χ0) is 15.1. The fraction of sp³-hybridized carbons (Fsp3) is 0.812. The lowest BCUT2D eigenvalue weighted by Gasteiger charge is -2.27. The lowest BCUT2D eigenvalue weighted by molar-refractivity contribution is -0.133. The molecule has 120 valence electrons. The van der Waals surface area contributed by atoms with Gasteiger partial charge in [-0.3, -0.25) is 9.36 Å². The molecule has 22 heavy (non-hydrogen) atoms. The minimum Gasteiger partial charge on any atom is -0.333 e. The van der Waals surface area contributed by atoms with Crippen molar-refractivity contribution in [2.45, 2.75) is 64.6 Å². The van der Waals surface area contributed by atoms with Crippen molar-refractivity contribution < 1.29 is 4.79 Å². The highest BCUT2D eigenvalue weighted by Crippen LogP contribution is 2.30. The molecule has 0 radical (unpaired) electrons. The van der Waals surface area contributed by atoms with E-state index >= 15 is 0 Å². The fourth-order valence-electron chi connectivity index (χ4n) is 3.77. The van der Waals surface area contributed by atoms with Gasteiger partial charge in [0.2, 0.25) is 5.91 Å². The molecule has 2 aliphatic carbocycles. The lowest BCUT2D eigenvalue weighted by atomic mass is 10.0. The Labute approximate surface area is 130 Å². The van der Waals surface area contributed by atoms with Crippen LogP contribution in [-0.2, 0) is 24.4 Å². The summed E-state index contributed by atoms with van der Waals surface area (Å²) in [4.78, 5) is 26.6. The summed E-state index contributed by atoms with van der Waals surface area (Å²) >= 11 is 0. The van der Waals surface area contributed by atoms with Gasteiger partial charge in [-0.25, -0.2) is 9.48 Å². The molecule has 0 bridgehead atoms. The monoisotopic (exact) mass is 304 g/mol. The van der Waals surface area contributed by atoms with Crippen LogP contribution in [-0.4, -0.2) is 31.7 Å². The van der Waals surface area contributed by atoms with Gasteiger partial charge >= 0.3 is 5.69 Å². The molecule has 0 N–H and O–H groups in total. The SMILES string of the molecule is O=C(CC1CCCC1)N1CCn2c(nn(CC3CC3)c2=O)C1. The fourth-order valence-corrected chi connectivity index (χ4v) is 3.77. The second-order valence-corrected chi connectivity index (χ2v) is 7.15. The van der Waals surface area contributed by atoms with Gasteiger partial charge in [-0.05, 0) is 37.5 Å². The molecule has 1 amide bonds. The molecule has 2 fully saturated rings. The zero-order valence-electron chi connectivity index (χ0n) is 13.0. The number of nitrogens with zero attached hydrogens (tertiary/aromatic N) is 4. The number of rotatable bonds is 4. The molecule has 0 saturated heterocycles. The summed E-state index contributed by atoms with van der Waals surface area (Å²) in [5, 5.41) is 4.47. The Kier molecular flexibility index (Phi) is 3.54. The lowest BCUT2D eigenvalue weighted by Crippen LogP contribution is -2.41. The van der Waals surface area contributed by atoms with Crippen molar-refractivity contribution in [2.75, 3.05) is 6.54 Å². The molecule has 0 unspecified atom stereocenters. The molecule has 0 spiro atoms. The average Bonchev–Trinajstić information content (AvgIpc) is 3.08. The van der Waals surface area contributed by atoms with E-state index in [1.807, 2.05) is 4.90 Å². The van der Waals surface area contributed by atoms with E-state index in [9.17, 15) is 9.59 Å². The Bertz CT molecular complexity index is 623. The largest absolute Gasteiger partial charge is 0.346 e. The maximum atomic E-state index is 12.4. The normalized spacial score (nSPS) is 22.1. The van der Waals surface area contributed by atoms with Crippen LogP contribution in [0, 0.1) is 11.8 Å². The minimum absolute atomic E-state index is 0.00444. The number of hydrogen-bond acceptors (Lipinski definition) is 3. The standard InChI is InChI=1S/C16H24N4O2/c21-15(9-12-3-1-2-4-12)18-7-8-19-14(11-18)17-20(16(19)22)10-13-5-6-13/h12-13H,1-11H2. The molecule has 1 aliphatic heterocycles. The molecule has 3 aliphatic rings. The van der Waals surface area contributed by atoms with E-state index in [0.29, 0.717) is 37.9 Å². The van der Waals surface area contributed by atoms with Crippen LogP contribution in [0.3, 0.4) is 0 Å². The van der Waals surface area contributed by atoms with Gasteiger partial charge in [-0.15, -0.1) is 0 Å². The van der Waals surface area contributed by atoms with Gasteiger partial charge in [-0.2, -0.15) is 5.10 Å². The summed E-state index contributed by atoms with van der Waals surface area (Å²) in [6.45, 7) is 2.48. The van der Waals surface area contributed by atoms with Crippen molar-refractivity contribution in [1.29, 1.82) is 0 Å². The van der Waals surface area contributed by atoms with Crippen LogP contribution in [0.25, 0.3) is 0 Å². The molecule has 2 saturated carbocycles. The predicted molar refractivity (Wildman–Crippen MR) is 81.2 cm³/mol. The molecule has 2 heterocycles. The summed E-state index contributed by atoms with van der Waals surface area (Å²) < 4.78 is 3.36. The van der Waals surface area contributed by atoms with Gasteiger partial charge in [0.15, 0.2) is 5.82 Å². The van der Waals surface area contributed by atoms with Crippen LogP contribution in [0.1, 0.15) is 50.8 Å². The summed E-state index contributed by atoms with van der Waals surface area (Å²) in [6.07, 6.45) is 8.01. The third kappa shape index (κ3) is 2.71. The number of fused-ring (bicyclic) bond motifs is 1. The number of hydrogen-bond donors (Lipinski definition) is 0. The Morgan fingerprint density at radius 3 is 2.59 bits per heavy atom. The summed E-state index contributed by atoms with van der Waals surface area (Å²) in [5.41, 5.74) is 0.00444. The second-order valence-electron chi connectivity index (χ2n) is 7.15. The topological polar surface area (TPSA) is 60.1 Å². The smallest absolute Gasteiger partial charge is 0.333 e. The van der Waals surface area contributed by atoms with Crippen LogP contribution in [0.4, 0.5) is 0 Å². The second kappa shape index (κ2) is 5.56. The minimum atomic E-state index is 0.00444. The van der Waals surface area contributed by atoms with Gasteiger partial charge in [-0.1, -0.05) is 12.8 Å². The van der Waals surface area contributed by atoms with E-state index < -0.39 is 0 Å². The molecule has 0 atom stereocenters. The maximum Gasteiger partial charge on any atom is 0.346 e. The zero-order valence-corrected chi connectivity index (χ0v) is 13.0. The third-order valence-electron chi connectivity index (χ3n) is 5.34. The molecular formula is C16H24N4O2. The Morgan fingerprint density at radius 2 is 1.86 bits per heavy atom. The van der Waals surface area contributed by atoms with Crippen LogP contribution < -0.4 is 5.69 Å². The van der Waals surface area contributed by atoms with E-state index in [0.717, 1.165) is 12.4 Å². The Balaban J connectivity index is 1.44. The first-order valence-electron chi connectivity index (χ1n) is 8.65. The summed E-state index contributed by atoms with van der Waals surface area (Å²) in [5.74, 6) is 2.21. The predicted octanol–water partition coefficient (Wildman–Crippen LogP) is 1.38. The molecule has 4 rings (SSSR count). The molecular weight excluding hydrogens is 280 g/mol. The first kappa shape index (κ1) is 14.0. The van der Waals surface area contributed by atoms with Crippen molar-refractivity contribution in [3.8, 4) is 0 Å². The van der Waals surface area contributed by atoms with Gasteiger partial charge in [0.05, 0.1) is 6.54 Å². The highest BCUT2D eigenvalue weighted by molar-refractivity contribution is 5.76. The molecule has 1 aromatic rings. The third-order valence-corrected chi connectivity index (χ3v) is 5.34. The van der Waals surface area contributed by atoms with Gasteiger partial charge in [0, 0.05) is 26.1 Å². The maximum absolute atomic E-state index is 12.4. The van der Waals surface area contributed by atoms with Crippen LogP contribution in [0.5, 0.6) is 0 Å². The average molecular weight is 304 g/mol. The number of amides is 1. The Morgan fingerprint density at radius 1 is 1.09 bits per heavy atom. The van der Waals surface area contributed by atoms with Crippen molar-refractivity contribution in [1.82, 2.24) is 19.2 Å². The molecule has 1 aromatic heterocycles. The Hall–Kier alpha value is -1.59. The van der Waals surface area contributed by atoms with E-state index in [1.165, 1.54) is 38.5 Å².